The summed E-state index contributed by atoms with van der Waals surface area (Å²) in [6.07, 6.45) is 2.87. The molecule has 1 aliphatic rings. The Bertz CT molecular complexity index is 852. The minimum atomic E-state index is 1.00. The van der Waals surface area contributed by atoms with Gasteiger partial charge < -0.3 is 4.42 Å². The molecule has 0 bridgehead atoms. The molecule has 0 saturated carbocycles. The first-order valence-corrected chi connectivity index (χ1v) is 7.41. The second kappa shape index (κ2) is 4.36. The minimum absolute atomic E-state index is 1.00. The summed E-state index contributed by atoms with van der Waals surface area (Å²) < 4.78 is 5.74. The van der Waals surface area contributed by atoms with Gasteiger partial charge in [-0.05, 0) is 66.6 Å². The molecule has 0 aliphatic heterocycles. The van der Waals surface area contributed by atoms with Crippen molar-refractivity contribution >= 4 is 0 Å². The molecule has 0 fully saturated rings. The topological polar surface area (TPSA) is 13.1 Å². The second-order valence-corrected chi connectivity index (χ2v) is 6.08. The van der Waals surface area contributed by atoms with Gasteiger partial charge >= 0.3 is 0 Å². The maximum Gasteiger partial charge on any atom is 0.137 e. The molecule has 0 spiro atoms. The van der Waals surface area contributed by atoms with Crippen molar-refractivity contribution in [2.24, 2.45) is 0 Å². The number of furan rings is 1. The zero-order chi connectivity index (χ0) is 14.6. The fourth-order valence-electron chi connectivity index (χ4n) is 3.27. The largest absolute Gasteiger partial charge is 0.464 e. The molecule has 0 saturated heterocycles. The molecular weight excluding hydrogens is 256 g/mol. The predicted octanol–water partition coefficient (Wildman–Crippen LogP) is 5.44. The van der Waals surface area contributed by atoms with Crippen molar-refractivity contribution in [1.82, 2.24) is 0 Å². The molecule has 4 rings (SSSR count). The lowest BCUT2D eigenvalue weighted by Gasteiger charge is -2.04. The van der Waals surface area contributed by atoms with Gasteiger partial charge in [-0.15, -0.1) is 0 Å². The number of hydrogen-bond donors (Lipinski definition) is 0. The monoisotopic (exact) mass is 274 g/mol. The molecule has 0 atom stereocenters. The van der Waals surface area contributed by atoms with Crippen molar-refractivity contribution in [2.45, 2.75) is 27.2 Å². The van der Waals surface area contributed by atoms with E-state index in [2.05, 4.69) is 57.2 Å². The van der Waals surface area contributed by atoms with Crippen LogP contribution >= 0.6 is 0 Å². The zero-order valence-electron chi connectivity index (χ0n) is 12.7. The maximum absolute atomic E-state index is 5.74. The first kappa shape index (κ1) is 12.5. The van der Waals surface area contributed by atoms with E-state index >= 15 is 0 Å². The van der Waals surface area contributed by atoms with Crippen LogP contribution in [0.3, 0.4) is 0 Å². The van der Waals surface area contributed by atoms with Crippen LogP contribution in [0.15, 0.2) is 47.1 Å². The van der Waals surface area contributed by atoms with Crippen molar-refractivity contribution in [3.63, 3.8) is 0 Å². The highest BCUT2D eigenvalue weighted by Crippen LogP contribution is 2.39. The smallest absolute Gasteiger partial charge is 0.137 e. The summed E-state index contributed by atoms with van der Waals surface area (Å²) in [5.74, 6) is 1.00. The van der Waals surface area contributed by atoms with Crippen molar-refractivity contribution < 1.29 is 4.42 Å². The van der Waals surface area contributed by atoms with Gasteiger partial charge in [-0.2, -0.15) is 0 Å². The van der Waals surface area contributed by atoms with Gasteiger partial charge in [-0.1, -0.05) is 35.9 Å². The van der Waals surface area contributed by atoms with Crippen LogP contribution in [0.4, 0.5) is 0 Å². The Kier molecular flexibility index (Phi) is 2.58. The van der Waals surface area contributed by atoms with Crippen LogP contribution in [-0.2, 0) is 6.42 Å². The lowest BCUT2D eigenvalue weighted by Crippen LogP contribution is -1.84. The standard InChI is InChI=1S/C20H18O/c1-12-4-6-18-16(8-12)10-17-9-15(5-7-19(17)18)20-14(3)13(2)11-21-20/h4-9,11H,10H2,1-3H3. The maximum atomic E-state index is 5.74. The highest BCUT2D eigenvalue weighted by Gasteiger charge is 2.20. The zero-order valence-corrected chi connectivity index (χ0v) is 12.7. The van der Waals surface area contributed by atoms with Crippen LogP contribution in [0.1, 0.15) is 27.8 Å². The van der Waals surface area contributed by atoms with Gasteiger partial charge in [0, 0.05) is 5.56 Å². The number of hydrogen-bond acceptors (Lipinski definition) is 1. The molecule has 0 radical (unpaired) electrons. The second-order valence-electron chi connectivity index (χ2n) is 6.08. The Morgan fingerprint density at radius 3 is 2.29 bits per heavy atom. The quantitative estimate of drug-likeness (QED) is 0.450. The minimum Gasteiger partial charge on any atom is -0.464 e. The van der Waals surface area contributed by atoms with E-state index in [4.69, 9.17) is 4.42 Å². The summed E-state index contributed by atoms with van der Waals surface area (Å²) >= 11 is 0. The predicted molar refractivity (Wildman–Crippen MR) is 86.6 cm³/mol. The Hall–Kier alpha value is -2.28. The average Bonchev–Trinajstić information content (AvgIpc) is 2.98. The number of benzene rings is 2. The van der Waals surface area contributed by atoms with E-state index in [1.807, 2.05) is 6.26 Å². The number of rotatable bonds is 1. The summed E-state index contributed by atoms with van der Waals surface area (Å²) in [4.78, 5) is 0. The third-order valence-electron chi connectivity index (χ3n) is 4.58. The van der Waals surface area contributed by atoms with Crippen LogP contribution in [-0.4, -0.2) is 0 Å². The van der Waals surface area contributed by atoms with E-state index in [-0.39, 0.29) is 0 Å². The Morgan fingerprint density at radius 2 is 1.57 bits per heavy atom. The van der Waals surface area contributed by atoms with Crippen LogP contribution in [0.5, 0.6) is 0 Å². The molecule has 0 amide bonds. The summed E-state index contributed by atoms with van der Waals surface area (Å²) in [6.45, 7) is 6.37. The van der Waals surface area contributed by atoms with Crippen molar-refractivity contribution in [2.75, 3.05) is 0 Å². The first-order chi connectivity index (χ1) is 10.1. The molecule has 21 heavy (non-hydrogen) atoms. The summed E-state index contributed by atoms with van der Waals surface area (Å²) in [5.41, 5.74) is 10.6. The molecule has 0 unspecified atom stereocenters. The Labute approximate surface area is 125 Å². The molecule has 3 aromatic rings. The van der Waals surface area contributed by atoms with Crippen LogP contribution in [0, 0.1) is 20.8 Å². The Morgan fingerprint density at radius 1 is 0.857 bits per heavy atom. The van der Waals surface area contributed by atoms with E-state index in [1.165, 1.54) is 44.5 Å². The highest BCUT2D eigenvalue weighted by molar-refractivity contribution is 5.80. The first-order valence-electron chi connectivity index (χ1n) is 7.41. The normalized spacial score (nSPS) is 12.3. The van der Waals surface area contributed by atoms with Crippen LogP contribution in [0.25, 0.3) is 22.5 Å². The molecule has 0 N–H and O–H groups in total. The summed E-state index contributed by atoms with van der Waals surface area (Å²) in [5, 5.41) is 0. The molecule has 1 heteroatoms. The van der Waals surface area contributed by atoms with E-state index in [0.717, 1.165) is 12.2 Å². The molecular formula is C20H18O. The number of fused-ring (bicyclic) bond motifs is 3. The molecule has 2 aromatic carbocycles. The van der Waals surface area contributed by atoms with Crippen LogP contribution < -0.4 is 0 Å². The Balaban J connectivity index is 1.83. The van der Waals surface area contributed by atoms with E-state index < -0.39 is 0 Å². The van der Waals surface area contributed by atoms with Crippen LogP contribution in [0.2, 0.25) is 0 Å². The van der Waals surface area contributed by atoms with Gasteiger partial charge in [0.05, 0.1) is 6.26 Å². The van der Waals surface area contributed by atoms with Gasteiger partial charge in [0.1, 0.15) is 5.76 Å². The van der Waals surface area contributed by atoms with E-state index in [9.17, 15) is 0 Å². The van der Waals surface area contributed by atoms with Crippen molar-refractivity contribution in [3.05, 3.63) is 70.5 Å². The molecule has 1 heterocycles. The molecule has 1 nitrogen and oxygen atoms in total. The van der Waals surface area contributed by atoms with Gasteiger partial charge in [-0.25, -0.2) is 0 Å². The van der Waals surface area contributed by atoms with Gasteiger partial charge in [-0.3, -0.25) is 0 Å². The molecule has 1 aliphatic carbocycles. The number of aryl methyl sites for hydroxylation is 2. The summed E-state index contributed by atoms with van der Waals surface area (Å²) in [7, 11) is 0. The third kappa shape index (κ3) is 1.84. The van der Waals surface area contributed by atoms with Gasteiger partial charge in [0.15, 0.2) is 0 Å². The van der Waals surface area contributed by atoms with Crippen molar-refractivity contribution in [1.29, 1.82) is 0 Å². The average molecular weight is 274 g/mol. The van der Waals surface area contributed by atoms with E-state index in [0.29, 0.717) is 0 Å². The van der Waals surface area contributed by atoms with Gasteiger partial charge in [0.2, 0.25) is 0 Å². The van der Waals surface area contributed by atoms with Crippen molar-refractivity contribution in [3.8, 4) is 22.5 Å². The fourth-order valence-corrected chi connectivity index (χ4v) is 3.27. The highest BCUT2D eigenvalue weighted by atomic mass is 16.3. The van der Waals surface area contributed by atoms with E-state index in [1.54, 1.807) is 0 Å². The fraction of sp³-hybridized carbons (Fsp3) is 0.200. The third-order valence-corrected chi connectivity index (χ3v) is 4.58. The molecule has 104 valence electrons. The lowest BCUT2D eigenvalue weighted by atomic mass is 10.0. The van der Waals surface area contributed by atoms with Gasteiger partial charge in [0.25, 0.3) is 0 Å². The lowest BCUT2D eigenvalue weighted by molar-refractivity contribution is 0.579. The SMILES string of the molecule is Cc1ccc2c(c1)Cc1cc(-c3occ(C)c3C)ccc1-2. The summed E-state index contributed by atoms with van der Waals surface area (Å²) in [6, 6.07) is 13.5. The molecule has 1 aromatic heterocycles.